The molecule has 0 fully saturated rings. The van der Waals surface area contributed by atoms with Gasteiger partial charge in [0.15, 0.2) is 0 Å². The summed E-state index contributed by atoms with van der Waals surface area (Å²) in [5.41, 5.74) is 0. The molecule has 0 aromatic heterocycles. The van der Waals surface area contributed by atoms with Gasteiger partial charge in [0.05, 0.1) is 0 Å². The Kier molecular flexibility index (Phi) is 11.6. The summed E-state index contributed by atoms with van der Waals surface area (Å²) in [6.07, 6.45) is 5.49. The molecule has 0 amide bonds. The van der Waals surface area contributed by atoms with Crippen LogP contribution in [0.1, 0.15) is 40.0 Å². The van der Waals surface area contributed by atoms with Gasteiger partial charge in [-0.3, -0.25) is 4.90 Å². The van der Waals surface area contributed by atoms with E-state index >= 15 is 0 Å². The highest BCUT2D eigenvalue weighted by Gasteiger charge is 2.03. The minimum Gasteiger partial charge on any atom is -0.494 e. The number of allylic oxidation sites excluding steroid dienone is 1. The summed E-state index contributed by atoms with van der Waals surface area (Å²) in [4.78, 5) is 2.45. The summed E-state index contributed by atoms with van der Waals surface area (Å²) >= 11 is 0. The number of methoxy groups -OCH3 is 1. The normalized spacial score (nSPS) is 12.2. The first-order valence-electron chi connectivity index (χ1n) is 6.81. The molecule has 0 aliphatic rings. The molecule has 0 N–H and O–H groups in total. The second kappa shape index (κ2) is 11.9. The first-order chi connectivity index (χ1) is 8.28. The van der Waals surface area contributed by atoms with Crippen molar-refractivity contribution < 1.29 is 9.47 Å². The number of ether oxygens (including phenoxy) is 2. The van der Waals surface area contributed by atoms with Crippen LogP contribution < -0.4 is 0 Å². The Bertz CT molecular complexity index is 187. The van der Waals surface area contributed by atoms with Gasteiger partial charge in [-0.1, -0.05) is 20.8 Å². The van der Waals surface area contributed by atoms with Crippen LogP contribution in [0.3, 0.4) is 0 Å². The number of hydrogen-bond donors (Lipinski definition) is 0. The lowest BCUT2D eigenvalue weighted by molar-refractivity contribution is 0.110. The van der Waals surface area contributed by atoms with E-state index in [0.717, 1.165) is 38.4 Å². The van der Waals surface area contributed by atoms with Gasteiger partial charge in [-0.15, -0.1) is 0 Å². The molecule has 3 nitrogen and oxygen atoms in total. The third-order valence-electron chi connectivity index (χ3n) is 2.49. The van der Waals surface area contributed by atoms with Gasteiger partial charge < -0.3 is 9.47 Å². The molecule has 0 heterocycles. The average Bonchev–Trinajstić information content (AvgIpc) is 2.30. The van der Waals surface area contributed by atoms with E-state index in [0.29, 0.717) is 6.61 Å². The Balaban J connectivity index is 3.86. The monoisotopic (exact) mass is 243 g/mol. The second-order valence-corrected chi connectivity index (χ2v) is 4.20. The molecule has 0 aliphatic heterocycles. The van der Waals surface area contributed by atoms with Crippen LogP contribution >= 0.6 is 0 Å². The van der Waals surface area contributed by atoms with E-state index in [2.05, 4.69) is 31.7 Å². The predicted molar refractivity (Wildman–Crippen MR) is 73.2 cm³/mol. The smallest absolute Gasteiger partial charge is 0.118 e. The third kappa shape index (κ3) is 9.19. The van der Waals surface area contributed by atoms with Crippen molar-refractivity contribution in [1.82, 2.24) is 4.90 Å². The average molecular weight is 243 g/mol. The molecular weight excluding hydrogens is 214 g/mol. The maximum absolute atomic E-state index is 5.74. The molecule has 0 radical (unpaired) electrons. The quantitative estimate of drug-likeness (QED) is 0.521. The van der Waals surface area contributed by atoms with Crippen molar-refractivity contribution in [3.8, 4) is 0 Å². The van der Waals surface area contributed by atoms with Crippen molar-refractivity contribution in [1.29, 1.82) is 0 Å². The van der Waals surface area contributed by atoms with Crippen LogP contribution in [0, 0.1) is 0 Å². The van der Waals surface area contributed by atoms with Gasteiger partial charge >= 0.3 is 0 Å². The Morgan fingerprint density at radius 3 is 2.18 bits per heavy atom. The van der Waals surface area contributed by atoms with Crippen molar-refractivity contribution >= 4 is 0 Å². The van der Waals surface area contributed by atoms with Gasteiger partial charge in [0, 0.05) is 13.7 Å². The SMILES string of the molecule is CC/C=C(\COC)OCCN(CCC)CCC. The van der Waals surface area contributed by atoms with Crippen molar-refractivity contribution in [2.75, 3.05) is 40.0 Å². The van der Waals surface area contributed by atoms with Gasteiger partial charge in [-0.2, -0.15) is 0 Å². The standard InChI is InChI=1S/C14H29NO2/c1-5-8-14(13-16-4)17-12-11-15(9-6-2)10-7-3/h8H,5-7,9-13H2,1-4H3/b14-8+. The van der Waals surface area contributed by atoms with Crippen molar-refractivity contribution in [3.05, 3.63) is 11.8 Å². The van der Waals surface area contributed by atoms with Crippen LogP contribution in [0.15, 0.2) is 11.8 Å². The maximum atomic E-state index is 5.74. The Hall–Kier alpha value is -0.540. The highest BCUT2D eigenvalue weighted by atomic mass is 16.5. The Morgan fingerprint density at radius 1 is 1.06 bits per heavy atom. The summed E-state index contributed by atoms with van der Waals surface area (Å²) in [5.74, 6) is 0.961. The lowest BCUT2D eigenvalue weighted by atomic mass is 10.3. The number of nitrogens with zero attached hydrogens (tertiary/aromatic N) is 1. The van der Waals surface area contributed by atoms with Crippen LogP contribution in [0.25, 0.3) is 0 Å². The molecule has 0 saturated carbocycles. The van der Waals surface area contributed by atoms with E-state index in [1.165, 1.54) is 12.8 Å². The van der Waals surface area contributed by atoms with E-state index in [9.17, 15) is 0 Å². The van der Waals surface area contributed by atoms with Gasteiger partial charge in [0.1, 0.15) is 19.0 Å². The summed E-state index contributed by atoms with van der Waals surface area (Å²) in [6, 6.07) is 0. The molecule has 0 rings (SSSR count). The fourth-order valence-corrected chi connectivity index (χ4v) is 1.80. The van der Waals surface area contributed by atoms with E-state index < -0.39 is 0 Å². The predicted octanol–water partition coefficient (Wildman–Crippen LogP) is 3.07. The molecule has 0 aliphatic carbocycles. The first kappa shape index (κ1) is 16.5. The highest BCUT2D eigenvalue weighted by Crippen LogP contribution is 2.01. The lowest BCUT2D eigenvalue weighted by Crippen LogP contribution is -2.29. The van der Waals surface area contributed by atoms with Gasteiger partial charge in [-0.05, 0) is 38.4 Å². The molecule has 17 heavy (non-hydrogen) atoms. The zero-order valence-corrected chi connectivity index (χ0v) is 12.0. The molecule has 0 aromatic carbocycles. The van der Waals surface area contributed by atoms with Crippen LogP contribution in [-0.4, -0.2) is 44.9 Å². The van der Waals surface area contributed by atoms with E-state index in [1.807, 2.05) is 0 Å². The summed E-state index contributed by atoms with van der Waals surface area (Å²) in [6.45, 7) is 11.2. The highest BCUT2D eigenvalue weighted by molar-refractivity contribution is 4.92. The molecule has 0 saturated heterocycles. The first-order valence-corrected chi connectivity index (χ1v) is 6.81. The molecule has 0 unspecified atom stereocenters. The molecule has 0 atom stereocenters. The summed E-state index contributed by atoms with van der Waals surface area (Å²) < 4.78 is 10.8. The molecule has 102 valence electrons. The van der Waals surface area contributed by atoms with Crippen LogP contribution in [0.4, 0.5) is 0 Å². The Morgan fingerprint density at radius 2 is 1.71 bits per heavy atom. The third-order valence-corrected chi connectivity index (χ3v) is 2.49. The molecular formula is C14H29NO2. The van der Waals surface area contributed by atoms with Gasteiger partial charge in [-0.25, -0.2) is 0 Å². The van der Waals surface area contributed by atoms with E-state index in [4.69, 9.17) is 9.47 Å². The van der Waals surface area contributed by atoms with Crippen LogP contribution in [0.2, 0.25) is 0 Å². The topological polar surface area (TPSA) is 21.7 Å². The summed E-state index contributed by atoms with van der Waals surface area (Å²) in [5, 5.41) is 0. The van der Waals surface area contributed by atoms with Crippen LogP contribution in [0.5, 0.6) is 0 Å². The largest absolute Gasteiger partial charge is 0.494 e. The maximum Gasteiger partial charge on any atom is 0.118 e. The van der Waals surface area contributed by atoms with E-state index in [-0.39, 0.29) is 0 Å². The fourth-order valence-electron chi connectivity index (χ4n) is 1.80. The minimum absolute atomic E-state index is 0.579. The molecule has 0 bridgehead atoms. The van der Waals surface area contributed by atoms with Crippen LogP contribution in [-0.2, 0) is 9.47 Å². The lowest BCUT2D eigenvalue weighted by Gasteiger charge is -2.21. The fraction of sp³-hybridized carbons (Fsp3) is 0.857. The zero-order chi connectivity index (χ0) is 12.9. The van der Waals surface area contributed by atoms with Gasteiger partial charge in [0.25, 0.3) is 0 Å². The van der Waals surface area contributed by atoms with Gasteiger partial charge in [0.2, 0.25) is 0 Å². The summed E-state index contributed by atoms with van der Waals surface area (Å²) in [7, 11) is 1.70. The second-order valence-electron chi connectivity index (χ2n) is 4.20. The number of hydrogen-bond acceptors (Lipinski definition) is 3. The van der Waals surface area contributed by atoms with Crippen molar-refractivity contribution in [2.45, 2.75) is 40.0 Å². The molecule has 3 heteroatoms. The zero-order valence-electron chi connectivity index (χ0n) is 12.0. The van der Waals surface area contributed by atoms with Crippen molar-refractivity contribution in [3.63, 3.8) is 0 Å². The van der Waals surface area contributed by atoms with E-state index in [1.54, 1.807) is 7.11 Å². The molecule has 0 aromatic rings. The minimum atomic E-state index is 0.579. The van der Waals surface area contributed by atoms with Crippen molar-refractivity contribution in [2.24, 2.45) is 0 Å². The molecule has 0 spiro atoms. The Labute approximate surface area is 107 Å². The number of rotatable bonds is 11.